The molecule has 0 unspecified atom stereocenters. The van der Waals surface area contributed by atoms with Crippen molar-refractivity contribution in [2.24, 2.45) is 10.9 Å². The van der Waals surface area contributed by atoms with Gasteiger partial charge in [0, 0.05) is 32.6 Å². The molecule has 2 aliphatic heterocycles. The van der Waals surface area contributed by atoms with Crippen molar-refractivity contribution in [2.45, 2.75) is 32.1 Å². The van der Waals surface area contributed by atoms with Crippen molar-refractivity contribution in [3.05, 3.63) is 48.0 Å². The third-order valence-electron chi connectivity index (χ3n) is 6.61. The molecule has 3 aliphatic rings. The number of piperazine rings is 1. The number of benzene rings is 2. The van der Waals surface area contributed by atoms with E-state index >= 15 is 0 Å². The first-order valence-electron chi connectivity index (χ1n) is 11.3. The standard InChI is InChI=1S/C25H29N3O3/c1-30-22-12-6-9-19-24(22)31-21-11-5-4-10-20(21)26-25(19)28-15-13-27(14-16-28)23(29)17-18-7-2-3-8-18/h4-6,9-12,18H,2-3,7-8,13-17H2,1H3. The summed E-state index contributed by atoms with van der Waals surface area (Å²) >= 11 is 0. The summed E-state index contributed by atoms with van der Waals surface area (Å²) in [7, 11) is 1.65. The number of aliphatic imine (C=N–C) groups is 1. The van der Waals surface area contributed by atoms with E-state index < -0.39 is 0 Å². The van der Waals surface area contributed by atoms with Gasteiger partial charge < -0.3 is 19.3 Å². The molecular formula is C25H29N3O3. The molecule has 31 heavy (non-hydrogen) atoms. The van der Waals surface area contributed by atoms with E-state index in [2.05, 4.69) is 4.90 Å². The lowest BCUT2D eigenvalue weighted by molar-refractivity contribution is -0.133. The highest BCUT2D eigenvalue weighted by molar-refractivity contribution is 6.04. The number of carbonyl (C=O) groups excluding carboxylic acids is 1. The molecule has 2 heterocycles. The third-order valence-corrected chi connectivity index (χ3v) is 6.61. The number of carbonyl (C=O) groups is 1. The van der Waals surface area contributed by atoms with Crippen LogP contribution in [-0.2, 0) is 4.79 Å². The maximum Gasteiger partial charge on any atom is 0.222 e. The van der Waals surface area contributed by atoms with Crippen molar-refractivity contribution in [1.29, 1.82) is 0 Å². The summed E-state index contributed by atoms with van der Waals surface area (Å²) in [5, 5.41) is 0. The molecule has 1 saturated heterocycles. The maximum absolute atomic E-state index is 12.8. The molecule has 0 N–H and O–H groups in total. The van der Waals surface area contributed by atoms with Crippen LogP contribution in [0.2, 0.25) is 0 Å². The summed E-state index contributed by atoms with van der Waals surface area (Å²) in [5.41, 5.74) is 1.72. The van der Waals surface area contributed by atoms with Gasteiger partial charge in [-0.05, 0) is 43.0 Å². The number of methoxy groups -OCH3 is 1. The molecule has 1 amide bonds. The van der Waals surface area contributed by atoms with E-state index in [1.54, 1.807) is 7.11 Å². The van der Waals surface area contributed by atoms with Crippen LogP contribution in [0.4, 0.5) is 5.69 Å². The van der Waals surface area contributed by atoms with E-state index in [0.717, 1.165) is 43.3 Å². The number of rotatable bonds is 3. The van der Waals surface area contributed by atoms with Gasteiger partial charge >= 0.3 is 0 Å². The van der Waals surface area contributed by atoms with Gasteiger partial charge in [-0.25, -0.2) is 4.99 Å². The Morgan fingerprint density at radius 1 is 1.06 bits per heavy atom. The summed E-state index contributed by atoms with van der Waals surface area (Å²) in [5.74, 6) is 3.87. The average Bonchev–Trinajstić information content (AvgIpc) is 3.25. The minimum atomic E-state index is 0.310. The molecule has 5 rings (SSSR count). The number of nitrogens with zero attached hydrogens (tertiary/aromatic N) is 3. The SMILES string of the molecule is COc1cccc2c1Oc1ccccc1N=C2N1CCN(C(=O)CC2CCCC2)CC1. The fraction of sp³-hybridized carbons (Fsp3) is 0.440. The number of para-hydroxylation sites is 3. The average molecular weight is 420 g/mol. The summed E-state index contributed by atoms with van der Waals surface area (Å²) < 4.78 is 11.8. The molecule has 6 nitrogen and oxygen atoms in total. The van der Waals surface area contributed by atoms with E-state index in [0.29, 0.717) is 35.5 Å². The van der Waals surface area contributed by atoms with Gasteiger partial charge in [0.2, 0.25) is 5.91 Å². The Morgan fingerprint density at radius 3 is 2.61 bits per heavy atom. The second-order valence-corrected chi connectivity index (χ2v) is 8.56. The third kappa shape index (κ3) is 3.99. The molecule has 2 fully saturated rings. The molecule has 162 valence electrons. The van der Waals surface area contributed by atoms with Gasteiger partial charge in [-0.1, -0.05) is 31.0 Å². The lowest BCUT2D eigenvalue weighted by atomic mass is 10.0. The fourth-order valence-corrected chi connectivity index (χ4v) is 4.88. The van der Waals surface area contributed by atoms with Gasteiger partial charge in [-0.15, -0.1) is 0 Å². The maximum atomic E-state index is 12.8. The van der Waals surface area contributed by atoms with Crippen molar-refractivity contribution < 1.29 is 14.3 Å². The smallest absolute Gasteiger partial charge is 0.222 e. The topological polar surface area (TPSA) is 54.4 Å². The Kier molecular flexibility index (Phi) is 5.53. The van der Waals surface area contributed by atoms with Crippen LogP contribution >= 0.6 is 0 Å². The van der Waals surface area contributed by atoms with Crippen LogP contribution in [0.15, 0.2) is 47.5 Å². The highest BCUT2D eigenvalue weighted by Crippen LogP contribution is 2.42. The van der Waals surface area contributed by atoms with E-state index in [1.807, 2.05) is 47.4 Å². The normalized spacial score (nSPS) is 18.5. The Labute approximate surface area is 183 Å². The molecule has 0 atom stereocenters. The Bertz CT molecular complexity index is 989. The Balaban J connectivity index is 1.38. The van der Waals surface area contributed by atoms with Gasteiger partial charge in [-0.2, -0.15) is 0 Å². The molecule has 2 aromatic carbocycles. The van der Waals surface area contributed by atoms with Crippen LogP contribution in [0.25, 0.3) is 0 Å². The van der Waals surface area contributed by atoms with E-state index in [4.69, 9.17) is 14.5 Å². The largest absolute Gasteiger partial charge is 0.493 e. The van der Waals surface area contributed by atoms with Crippen molar-refractivity contribution >= 4 is 17.4 Å². The van der Waals surface area contributed by atoms with E-state index in [-0.39, 0.29) is 0 Å². The zero-order chi connectivity index (χ0) is 21.2. The molecule has 2 aromatic rings. The minimum Gasteiger partial charge on any atom is -0.493 e. The van der Waals surface area contributed by atoms with Gasteiger partial charge in [0.25, 0.3) is 0 Å². The second kappa shape index (κ2) is 8.61. The van der Waals surface area contributed by atoms with Gasteiger partial charge in [0.1, 0.15) is 11.5 Å². The predicted molar refractivity (Wildman–Crippen MR) is 120 cm³/mol. The predicted octanol–water partition coefficient (Wildman–Crippen LogP) is 4.60. The molecule has 0 bridgehead atoms. The number of ether oxygens (including phenoxy) is 2. The van der Waals surface area contributed by atoms with Crippen molar-refractivity contribution in [1.82, 2.24) is 9.80 Å². The second-order valence-electron chi connectivity index (χ2n) is 8.56. The highest BCUT2D eigenvalue weighted by Gasteiger charge is 2.30. The van der Waals surface area contributed by atoms with Crippen LogP contribution in [0.3, 0.4) is 0 Å². The summed E-state index contributed by atoms with van der Waals surface area (Å²) in [6, 6.07) is 13.7. The number of amidine groups is 1. The fourth-order valence-electron chi connectivity index (χ4n) is 4.88. The number of hydrogen-bond acceptors (Lipinski definition) is 5. The Hall–Kier alpha value is -3.02. The van der Waals surface area contributed by atoms with Crippen molar-refractivity contribution in [3.8, 4) is 17.2 Å². The lowest BCUT2D eigenvalue weighted by Crippen LogP contribution is -2.51. The van der Waals surface area contributed by atoms with E-state index in [1.165, 1.54) is 25.7 Å². The number of hydrogen-bond donors (Lipinski definition) is 0. The lowest BCUT2D eigenvalue weighted by Gasteiger charge is -2.37. The number of fused-ring (bicyclic) bond motifs is 2. The van der Waals surface area contributed by atoms with Crippen LogP contribution < -0.4 is 9.47 Å². The molecule has 1 aliphatic carbocycles. The molecule has 0 aromatic heterocycles. The zero-order valence-corrected chi connectivity index (χ0v) is 18.0. The van der Waals surface area contributed by atoms with Crippen molar-refractivity contribution in [2.75, 3.05) is 33.3 Å². The quantitative estimate of drug-likeness (QED) is 0.729. The first-order chi connectivity index (χ1) is 15.2. The van der Waals surface area contributed by atoms with Gasteiger partial charge in [0.05, 0.1) is 12.7 Å². The Morgan fingerprint density at radius 2 is 1.84 bits per heavy atom. The summed E-state index contributed by atoms with van der Waals surface area (Å²) in [6.07, 6.45) is 5.68. The first kappa shape index (κ1) is 19.9. The zero-order valence-electron chi connectivity index (χ0n) is 18.0. The van der Waals surface area contributed by atoms with E-state index in [9.17, 15) is 4.79 Å². The van der Waals surface area contributed by atoms with Gasteiger partial charge in [-0.3, -0.25) is 4.79 Å². The summed E-state index contributed by atoms with van der Waals surface area (Å²) in [6.45, 7) is 2.97. The minimum absolute atomic E-state index is 0.310. The summed E-state index contributed by atoms with van der Waals surface area (Å²) in [4.78, 5) is 22.1. The number of amides is 1. The van der Waals surface area contributed by atoms with Gasteiger partial charge in [0.15, 0.2) is 17.2 Å². The van der Waals surface area contributed by atoms with Crippen LogP contribution in [0.5, 0.6) is 17.2 Å². The molecule has 0 spiro atoms. The van der Waals surface area contributed by atoms with Crippen molar-refractivity contribution in [3.63, 3.8) is 0 Å². The van der Waals surface area contributed by atoms with Crippen LogP contribution in [-0.4, -0.2) is 54.8 Å². The monoisotopic (exact) mass is 419 g/mol. The molecule has 6 heteroatoms. The molecular weight excluding hydrogens is 390 g/mol. The highest BCUT2D eigenvalue weighted by atomic mass is 16.5. The molecule has 0 radical (unpaired) electrons. The first-order valence-corrected chi connectivity index (χ1v) is 11.3. The van der Waals surface area contributed by atoms with Crippen LogP contribution in [0.1, 0.15) is 37.7 Å². The molecule has 1 saturated carbocycles. The van der Waals surface area contributed by atoms with Crippen LogP contribution in [0, 0.1) is 5.92 Å².